The number of hydrogen-bond acceptors (Lipinski definition) is 4. The summed E-state index contributed by atoms with van der Waals surface area (Å²) >= 11 is -2.13. The van der Waals surface area contributed by atoms with E-state index in [0.717, 1.165) is 0 Å². The van der Waals surface area contributed by atoms with Crippen LogP contribution in [0.5, 0.6) is 0 Å². The lowest BCUT2D eigenvalue weighted by Crippen LogP contribution is -2.05. The first-order chi connectivity index (χ1) is 7.00. The first kappa shape index (κ1) is 11.8. The van der Waals surface area contributed by atoms with E-state index in [4.69, 9.17) is 0 Å². The maximum absolute atomic E-state index is 10.5. The van der Waals surface area contributed by atoms with Gasteiger partial charge in [0.05, 0.1) is 4.92 Å². The number of nitro benzene ring substituents is 1. The Kier molecular flexibility index (Phi) is 3.93. The highest BCUT2D eigenvalue weighted by molar-refractivity contribution is 7.79. The lowest BCUT2D eigenvalue weighted by Gasteiger charge is -2.13. The maximum Gasteiger partial charge on any atom is 0.269 e. The van der Waals surface area contributed by atoms with E-state index in [1.807, 2.05) is 0 Å². The molecule has 1 rings (SSSR count). The predicted octanol–water partition coefficient (Wildman–Crippen LogP) is 1.58. The third-order valence-corrected chi connectivity index (χ3v) is 2.81. The molecule has 0 amide bonds. The van der Waals surface area contributed by atoms with Crippen LogP contribution in [0.2, 0.25) is 0 Å². The van der Waals surface area contributed by atoms with E-state index in [1.165, 1.54) is 12.1 Å². The third kappa shape index (κ3) is 3.41. The summed E-state index contributed by atoms with van der Waals surface area (Å²) in [6, 6.07) is 6.02. The molecular weight excluding hydrogens is 218 g/mol. The van der Waals surface area contributed by atoms with Crippen LogP contribution >= 0.6 is 0 Å². The van der Waals surface area contributed by atoms with E-state index in [-0.39, 0.29) is 17.4 Å². The quantitative estimate of drug-likeness (QED) is 0.445. The van der Waals surface area contributed by atoms with Crippen LogP contribution in [-0.4, -0.2) is 19.4 Å². The Morgan fingerprint density at radius 3 is 2.73 bits per heavy atom. The summed E-state index contributed by atoms with van der Waals surface area (Å²) < 4.78 is 20.9. The first-order valence-electron chi connectivity index (χ1n) is 4.31. The fraction of sp³-hybridized carbons (Fsp3) is 0.333. The summed E-state index contributed by atoms with van der Waals surface area (Å²) in [6.45, 7) is 1.72. The number of benzene rings is 1. The highest BCUT2D eigenvalue weighted by Crippen LogP contribution is 2.20. The van der Waals surface area contributed by atoms with E-state index in [0.29, 0.717) is 5.56 Å². The predicted molar refractivity (Wildman–Crippen MR) is 55.3 cm³/mol. The van der Waals surface area contributed by atoms with Crippen LogP contribution in [0, 0.1) is 10.1 Å². The normalized spacial score (nSPS) is 14.5. The Bertz CT molecular complexity index is 393. The van der Waals surface area contributed by atoms with Gasteiger partial charge in [-0.25, -0.2) is 0 Å². The highest BCUT2D eigenvalue weighted by atomic mass is 32.2. The van der Waals surface area contributed by atoms with E-state index >= 15 is 0 Å². The molecule has 2 atom stereocenters. The smallest absolute Gasteiger partial charge is 0.269 e. The summed E-state index contributed by atoms with van der Waals surface area (Å²) in [5.74, 6) is -0.260. The van der Waals surface area contributed by atoms with Crippen molar-refractivity contribution in [1.82, 2.24) is 0 Å². The zero-order valence-corrected chi connectivity index (χ0v) is 8.90. The SMILES string of the molecule is CC(CS(=O)[O-])c1cccc([N+](=O)[O-])c1. The molecule has 0 aromatic heterocycles. The molecule has 0 heterocycles. The van der Waals surface area contributed by atoms with Crippen molar-refractivity contribution >= 4 is 16.8 Å². The molecule has 15 heavy (non-hydrogen) atoms. The van der Waals surface area contributed by atoms with Crippen LogP contribution in [0.3, 0.4) is 0 Å². The molecule has 0 radical (unpaired) electrons. The number of non-ortho nitro benzene ring substituents is 1. The van der Waals surface area contributed by atoms with Crippen molar-refractivity contribution < 1.29 is 13.7 Å². The Morgan fingerprint density at radius 2 is 2.20 bits per heavy atom. The van der Waals surface area contributed by atoms with Crippen molar-refractivity contribution in [3.05, 3.63) is 39.9 Å². The van der Waals surface area contributed by atoms with E-state index < -0.39 is 16.0 Å². The van der Waals surface area contributed by atoms with Crippen LogP contribution < -0.4 is 0 Å². The van der Waals surface area contributed by atoms with Gasteiger partial charge in [-0.3, -0.25) is 14.3 Å². The van der Waals surface area contributed by atoms with Crippen molar-refractivity contribution in [2.45, 2.75) is 12.8 Å². The minimum atomic E-state index is -2.13. The van der Waals surface area contributed by atoms with E-state index in [9.17, 15) is 18.9 Å². The second-order valence-electron chi connectivity index (χ2n) is 3.22. The van der Waals surface area contributed by atoms with Gasteiger partial charge < -0.3 is 4.55 Å². The molecule has 1 aromatic rings. The van der Waals surface area contributed by atoms with Crippen LogP contribution in [-0.2, 0) is 11.1 Å². The maximum atomic E-state index is 10.5. The van der Waals surface area contributed by atoms with Crippen molar-refractivity contribution in [2.75, 3.05) is 5.75 Å². The van der Waals surface area contributed by atoms with E-state index in [2.05, 4.69) is 0 Å². The molecule has 0 saturated carbocycles. The lowest BCUT2D eigenvalue weighted by atomic mass is 10.0. The van der Waals surface area contributed by atoms with Gasteiger partial charge in [-0.05, 0) is 11.5 Å². The summed E-state index contributed by atoms with van der Waals surface area (Å²) in [5.41, 5.74) is 0.643. The van der Waals surface area contributed by atoms with Gasteiger partial charge in [0.25, 0.3) is 5.69 Å². The Hall–Kier alpha value is -1.27. The summed E-state index contributed by atoms with van der Waals surface area (Å²) in [6.07, 6.45) is 0. The number of hydrogen-bond donors (Lipinski definition) is 0. The molecule has 0 aliphatic rings. The van der Waals surface area contributed by atoms with Crippen molar-refractivity contribution in [3.8, 4) is 0 Å². The molecule has 0 N–H and O–H groups in total. The molecule has 0 aliphatic heterocycles. The van der Waals surface area contributed by atoms with Crippen LogP contribution in [0.4, 0.5) is 5.69 Å². The molecule has 0 bridgehead atoms. The Morgan fingerprint density at radius 1 is 1.53 bits per heavy atom. The molecule has 82 valence electrons. The fourth-order valence-electron chi connectivity index (χ4n) is 1.25. The molecule has 2 unspecified atom stereocenters. The van der Waals surface area contributed by atoms with Gasteiger partial charge in [0.2, 0.25) is 0 Å². The fourth-order valence-corrected chi connectivity index (χ4v) is 1.85. The van der Waals surface area contributed by atoms with Crippen LogP contribution in [0.15, 0.2) is 24.3 Å². The monoisotopic (exact) mass is 228 g/mol. The van der Waals surface area contributed by atoms with Crippen molar-refractivity contribution in [3.63, 3.8) is 0 Å². The average molecular weight is 228 g/mol. The van der Waals surface area contributed by atoms with Gasteiger partial charge in [-0.15, -0.1) is 0 Å². The molecule has 0 spiro atoms. The highest BCUT2D eigenvalue weighted by Gasteiger charge is 2.10. The Balaban J connectivity index is 2.89. The Labute approximate surface area is 89.6 Å². The largest absolute Gasteiger partial charge is 0.772 e. The molecule has 1 aromatic carbocycles. The van der Waals surface area contributed by atoms with Gasteiger partial charge in [0, 0.05) is 17.9 Å². The topological polar surface area (TPSA) is 83.3 Å². The first-order valence-corrected chi connectivity index (χ1v) is 5.55. The van der Waals surface area contributed by atoms with Gasteiger partial charge in [0.15, 0.2) is 0 Å². The van der Waals surface area contributed by atoms with Gasteiger partial charge >= 0.3 is 0 Å². The number of rotatable bonds is 4. The minimum Gasteiger partial charge on any atom is -0.772 e. The molecule has 0 saturated heterocycles. The molecule has 6 heteroatoms. The molecule has 0 fully saturated rings. The standard InChI is InChI=1S/C9H11NO4S/c1-7(6-15(13)14)8-3-2-4-9(5-8)10(11)12/h2-5,7H,6H2,1H3,(H,13,14)/p-1. The summed E-state index contributed by atoms with van der Waals surface area (Å²) in [7, 11) is 0. The molecule has 5 nitrogen and oxygen atoms in total. The average Bonchev–Trinajstić information content (AvgIpc) is 2.17. The lowest BCUT2D eigenvalue weighted by molar-refractivity contribution is -0.384. The minimum absolute atomic E-state index is 0.0176. The molecular formula is C9H10NO4S-. The van der Waals surface area contributed by atoms with Crippen LogP contribution in [0.25, 0.3) is 0 Å². The number of nitrogens with zero attached hydrogens (tertiary/aromatic N) is 1. The summed E-state index contributed by atoms with van der Waals surface area (Å²) in [4.78, 5) is 9.99. The van der Waals surface area contributed by atoms with Gasteiger partial charge in [-0.1, -0.05) is 30.1 Å². The number of nitro groups is 1. The zero-order valence-electron chi connectivity index (χ0n) is 8.08. The van der Waals surface area contributed by atoms with Gasteiger partial charge in [-0.2, -0.15) is 0 Å². The summed E-state index contributed by atoms with van der Waals surface area (Å²) in [5, 5.41) is 10.5. The van der Waals surface area contributed by atoms with Crippen molar-refractivity contribution in [2.24, 2.45) is 0 Å². The zero-order chi connectivity index (χ0) is 11.4. The van der Waals surface area contributed by atoms with Crippen LogP contribution in [0.1, 0.15) is 18.4 Å². The van der Waals surface area contributed by atoms with Gasteiger partial charge in [0.1, 0.15) is 0 Å². The molecule has 0 aliphatic carbocycles. The van der Waals surface area contributed by atoms with Crippen molar-refractivity contribution in [1.29, 1.82) is 0 Å². The second-order valence-corrected chi connectivity index (χ2v) is 4.16. The third-order valence-electron chi connectivity index (χ3n) is 2.04. The van der Waals surface area contributed by atoms with E-state index in [1.54, 1.807) is 19.1 Å². The second kappa shape index (κ2) is 4.99.